The number of amides is 1. The molecule has 0 aliphatic heterocycles. The monoisotopic (exact) mass is 1500 g/mol. The minimum absolute atomic E-state index is 0.159. The minimum atomic E-state index is -0.690. The van der Waals surface area contributed by atoms with Crippen LogP contribution in [0.1, 0.15) is 20.8 Å². The molecule has 1 N–H and O–H groups in total. The number of nitrogens with one attached hydrogen (secondary N) is 1. The maximum atomic E-state index is 12.6. The van der Waals surface area contributed by atoms with Crippen molar-refractivity contribution in [1.29, 1.82) is 0 Å². The van der Waals surface area contributed by atoms with Crippen molar-refractivity contribution in [2.24, 2.45) is 20.5 Å². The van der Waals surface area contributed by atoms with Crippen molar-refractivity contribution in [2.75, 3.05) is 357 Å². The summed E-state index contributed by atoms with van der Waals surface area (Å²) in [6.07, 6.45) is -1.31. The molecule has 103 heavy (non-hydrogen) atoms. The second kappa shape index (κ2) is 84.7. The summed E-state index contributed by atoms with van der Waals surface area (Å²) in [5.41, 5.74) is 32.5. The van der Waals surface area contributed by atoms with Gasteiger partial charge in [0.1, 0.15) is 17.8 Å². The number of carbonyl (C=O) groups is 1. The van der Waals surface area contributed by atoms with Crippen molar-refractivity contribution in [3.05, 3.63) is 41.8 Å². The fraction of sp³-hybridized carbons (Fsp3) is 0.984. The highest BCUT2D eigenvalue weighted by atomic mass is 16.6. The Balaban J connectivity index is 4.37. The molecule has 0 aromatic heterocycles. The molecule has 0 heterocycles. The number of alkyl carbamates (subject to hydrolysis) is 1. The minimum Gasteiger partial charge on any atom is -0.444 e. The zero-order chi connectivity index (χ0) is 74.4. The van der Waals surface area contributed by atoms with E-state index in [4.69, 9.17) is 150 Å². The Kier molecular flexibility index (Phi) is 81.0. The van der Waals surface area contributed by atoms with Gasteiger partial charge in [-0.05, 0) is 42.9 Å². The number of hydrogen-bond donors (Lipinski definition) is 1. The van der Waals surface area contributed by atoms with E-state index in [1.165, 1.54) is 0 Å². The van der Waals surface area contributed by atoms with Crippen LogP contribution in [0, 0.1) is 0 Å². The molecule has 41 heteroatoms. The Morgan fingerprint density at radius 2 is 0.427 bits per heavy atom. The van der Waals surface area contributed by atoms with Gasteiger partial charge in [-0.2, -0.15) is 0 Å². The molecule has 0 aliphatic rings. The first-order chi connectivity index (χ1) is 50.8. The van der Waals surface area contributed by atoms with E-state index in [0.29, 0.717) is 277 Å². The second-order valence-electron chi connectivity index (χ2n) is 21.6. The van der Waals surface area contributed by atoms with E-state index in [0.717, 1.165) is 0 Å². The van der Waals surface area contributed by atoms with Gasteiger partial charge in [0.15, 0.2) is 0 Å². The number of ether oxygens (including phenoxy) is 27. The third-order valence-corrected chi connectivity index (χ3v) is 12.0. The molecule has 0 aromatic carbocycles. The Bertz CT molecular complexity index is 1870. The van der Waals surface area contributed by atoms with Crippen LogP contribution in [0.25, 0.3) is 41.8 Å². The van der Waals surface area contributed by atoms with Crippen LogP contribution in [0.3, 0.4) is 0 Å². The topological polar surface area (TPSA) is 473 Å². The summed E-state index contributed by atoms with van der Waals surface area (Å²) in [7, 11) is 0. The summed E-state index contributed by atoms with van der Waals surface area (Å²) >= 11 is 0. The van der Waals surface area contributed by atoms with Crippen molar-refractivity contribution >= 4 is 6.09 Å². The molecule has 0 rings (SSSR count). The van der Waals surface area contributed by atoms with Crippen LogP contribution in [-0.2, 0) is 128 Å². The molecule has 0 spiro atoms. The highest BCUT2D eigenvalue weighted by Crippen LogP contribution is 2.07. The standard InChI is InChI=1S/C62H121N13O28/c1-62(2,3)103-61(76)71-58(52-95-42-36-87-26-22-85-24-30-91-40-46-99-56-59(101-50-48-93-34-32-83-18-14-79-10-6-69-74-65)54-97-44-38-89-28-20-81-16-12-77-8-4-67-72-63)53-96-43-37-88-27-23-86-25-31-92-41-47-100-57-60(102-51-49-94-35-33-84-19-15-80-11-7-70-75-66)55-98-45-39-90-29-21-82-17-13-78-9-5-68-73-64/h58-60H,4-57H2,1-3H3,(H,71,76). The lowest BCUT2D eigenvalue weighted by atomic mass is 10.2. The Labute approximate surface area is 605 Å². The molecular formula is C62H121N13O28. The first-order valence-corrected chi connectivity index (χ1v) is 34.9. The van der Waals surface area contributed by atoms with Crippen molar-refractivity contribution in [2.45, 2.75) is 44.6 Å². The van der Waals surface area contributed by atoms with Crippen LogP contribution in [0.15, 0.2) is 20.5 Å². The van der Waals surface area contributed by atoms with Crippen molar-refractivity contribution in [1.82, 2.24) is 5.32 Å². The van der Waals surface area contributed by atoms with E-state index in [-0.39, 0.29) is 91.2 Å². The maximum absolute atomic E-state index is 12.6. The summed E-state index contributed by atoms with van der Waals surface area (Å²) in [5.74, 6) is 0. The van der Waals surface area contributed by atoms with Crippen molar-refractivity contribution in [3.8, 4) is 0 Å². The number of azide groups is 4. The largest absolute Gasteiger partial charge is 0.444 e. The molecule has 2 unspecified atom stereocenters. The van der Waals surface area contributed by atoms with Gasteiger partial charge in [0, 0.05) is 45.8 Å². The van der Waals surface area contributed by atoms with Crippen LogP contribution >= 0.6 is 0 Å². The molecular weight excluding hydrogens is 1370 g/mol. The van der Waals surface area contributed by atoms with E-state index in [1.54, 1.807) is 20.8 Å². The first-order valence-electron chi connectivity index (χ1n) is 34.9. The summed E-state index contributed by atoms with van der Waals surface area (Å²) in [6.45, 7) is 23.8. The average molecular weight is 1500 g/mol. The van der Waals surface area contributed by atoms with E-state index in [2.05, 4.69) is 45.4 Å². The fourth-order valence-corrected chi connectivity index (χ4v) is 7.31. The molecule has 0 radical (unpaired) electrons. The predicted molar refractivity (Wildman–Crippen MR) is 368 cm³/mol. The highest BCUT2D eigenvalue weighted by Gasteiger charge is 2.20. The number of carbonyl (C=O) groups excluding carboxylic acids is 1. The Morgan fingerprint density at radius 3 is 0.612 bits per heavy atom. The van der Waals surface area contributed by atoms with Gasteiger partial charge in [0.2, 0.25) is 0 Å². The number of hydrogen-bond acceptors (Lipinski definition) is 32. The molecule has 1 amide bonds. The SMILES string of the molecule is CC(C)(C)OC(=O)NC(COCCOCCOCCOCCOCC(COCCOCCOCCOCCN=[N+]=[N-])OCCOCCOCCOCCN=[N+]=[N-])COCCOCCOCCOCCOCC(COCCOCCOCCOCCN=[N+]=[N-])OCCOCCOCCOCCN=[N+]=[N-]. The molecule has 602 valence electrons. The molecule has 0 aromatic rings. The van der Waals surface area contributed by atoms with Crippen LogP contribution in [0.5, 0.6) is 0 Å². The molecule has 0 saturated heterocycles. The number of rotatable bonds is 87. The lowest BCUT2D eigenvalue weighted by Crippen LogP contribution is -2.44. The Hall–Kier alpha value is -4.53. The third-order valence-electron chi connectivity index (χ3n) is 12.0. The van der Waals surface area contributed by atoms with Gasteiger partial charge >= 0.3 is 6.09 Å². The molecule has 41 nitrogen and oxygen atoms in total. The first kappa shape index (κ1) is 98.5. The van der Waals surface area contributed by atoms with Gasteiger partial charge < -0.3 is 133 Å². The molecule has 2 atom stereocenters. The van der Waals surface area contributed by atoms with E-state index >= 15 is 0 Å². The summed E-state index contributed by atoms with van der Waals surface area (Å²) in [4.78, 5) is 23.3. The molecule has 0 fully saturated rings. The summed E-state index contributed by atoms with van der Waals surface area (Å²) < 4.78 is 152. The fourth-order valence-electron chi connectivity index (χ4n) is 7.31. The van der Waals surface area contributed by atoms with Gasteiger partial charge in [-0.1, -0.05) is 20.5 Å². The highest BCUT2D eigenvalue weighted by molar-refractivity contribution is 5.68. The molecule has 0 aliphatic carbocycles. The second-order valence-corrected chi connectivity index (χ2v) is 21.6. The zero-order valence-electron chi connectivity index (χ0n) is 61.2. The summed E-state index contributed by atoms with van der Waals surface area (Å²) in [5, 5.41) is 16.4. The van der Waals surface area contributed by atoms with Gasteiger partial charge in [0.05, 0.1) is 336 Å². The van der Waals surface area contributed by atoms with Crippen molar-refractivity contribution in [3.63, 3.8) is 0 Å². The van der Waals surface area contributed by atoms with Crippen molar-refractivity contribution < 1.29 is 133 Å². The smallest absolute Gasteiger partial charge is 0.408 e. The van der Waals surface area contributed by atoms with Crippen LogP contribution in [0.4, 0.5) is 4.79 Å². The van der Waals surface area contributed by atoms with Crippen LogP contribution < -0.4 is 5.32 Å². The van der Waals surface area contributed by atoms with E-state index in [9.17, 15) is 4.79 Å². The average Bonchev–Trinajstić information content (AvgIpc) is 0.991. The zero-order valence-corrected chi connectivity index (χ0v) is 61.2. The van der Waals surface area contributed by atoms with Gasteiger partial charge in [-0.15, -0.1) is 0 Å². The van der Waals surface area contributed by atoms with Crippen LogP contribution in [-0.4, -0.2) is 386 Å². The van der Waals surface area contributed by atoms with Crippen LogP contribution in [0.2, 0.25) is 0 Å². The lowest BCUT2D eigenvalue weighted by Gasteiger charge is -2.23. The van der Waals surface area contributed by atoms with Gasteiger partial charge in [0.25, 0.3) is 0 Å². The molecule has 0 bridgehead atoms. The summed E-state index contributed by atoms with van der Waals surface area (Å²) in [6, 6.07) is -0.495. The lowest BCUT2D eigenvalue weighted by molar-refractivity contribution is -0.0874. The maximum Gasteiger partial charge on any atom is 0.408 e. The van der Waals surface area contributed by atoms with Gasteiger partial charge in [-0.3, -0.25) is 0 Å². The Morgan fingerprint density at radius 1 is 0.262 bits per heavy atom. The normalized spacial score (nSPS) is 12.3. The molecule has 0 saturated carbocycles. The predicted octanol–water partition coefficient (Wildman–Crippen LogP) is 4.29. The quantitative estimate of drug-likeness (QED) is 0.0384. The number of nitrogens with zero attached hydrogens (tertiary/aromatic N) is 12. The van der Waals surface area contributed by atoms with E-state index < -0.39 is 17.7 Å². The van der Waals surface area contributed by atoms with E-state index in [1.807, 2.05) is 0 Å². The third kappa shape index (κ3) is 84.6. The van der Waals surface area contributed by atoms with Gasteiger partial charge in [-0.25, -0.2) is 4.79 Å².